The van der Waals surface area contributed by atoms with Gasteiger partial charge in [-0.3, -0.25) is 14.5 Å². The number of nitrogens with one attached hydrogen (secondary N) is 1. The topological polar surface area (TPSA) is 85.7 Å². The van der Waals surface area contributed by atoms with Crippen LogP contribution >= 0.6 is 0 Å². The molecule has 21 heavy (non-hydrogen) atoms. The van der Waals surface area contributed by atoms with Gasteiger partial charge in [0.05, 0.1) is 24.9 Å². The normalized spacial score (nSPS) is 12.5. The maximum absolute atomic E-state index is 12.6. The number of methoxy groups -OCH3 is 1. The Labute approximate surface area is 120 Å². The average molecular weight is 285 g/mol. The molecule has 1 aromatic carbocycles. The van der Waals surface area contributed by atoms with E-state index in [0.717, 1.165) is 0 Å². The standard InChI is InChI=1S/C14H15N5O2/c1-8(13-16-9(2)17-18-13)19-7-15-12-10(14(19)20)5-4-6-11(12)21-3/h4-8H,1-3H3,(H,16,17,18)/t8-/m0/s1. The highest BCUT2D eigenvalue weighted by atomic mass is 16.5. The number of fused-ring (bicyclic) bond motifs is 1. The molecular weight excluding hydrogens is 270 g/mol. The first-order chi connectivity index (χ1) is 10.1. The number of hydrogen-bond acceptors (Lipinski definition) is 5. The Hall–Kier alpha value is -2.70. The molecule has 0 aliphatic rings. The number of para-hydroxylation sites is 1. The van der Waals surface area contributed by atoms with Crippen LogP contribution in [0.25, 0.3) is 10.9 Å². The van der Waals surface area contributed by atoms with Gasteiger partial charge in [-0.1, -0.05) is 6.07 Å². The number of nitrogens with zero attached hydrogens (tertiary/aromatic N) is 4. The summed E-state index contributed by atoms with van der Waals surface area (Å²) in [5.41, 5.74) is 0.411. The van der Waals surface area contributed by atoms with Crippen molar-refractivity contribution in [1.82, 2.24) is 24.7 Å². The van der Waals surface area contributed by atoms with Gasteiger partial charge in [-0.05, 0) is 26.0 Å². The zero-order valence-electron chi connectivity index (χ0n) is 12.0. The molecule has 108 valence electrons. The Morgan fingerprint density at radius 1 is 1.38 bits per heavy atom. The number of aromatic amines is 1. The Morgan fingerprint density at radius 3 is 2.86 bits per heavy atom. The molecule has 0 fully saturated rings. The van der Waals surface area contributed by atoms with Crippen molar-refractivity contribution in [3.8, 4) is 5.75 Å². The van der Waals surface area contributed by atoms with E-state index >= 15 is 0 Å². The molecule has 2 aromatic heterocycles. The van der Waals surface area contributed by atoms with Crippen LogP contribution < -0.4 is 10.3 Å². The smallest absolute Gasteiger partial charge is 0.261 e. The summed E-state index contributed by atoms with van der Waals surface area (Å²) in [5, 5.41) is 7.39. The minimum Gasteiger partial charge on any atom is -0.494 e. The fourth-order valence-corrected chi connectivity index (χ4v) is 2.25. The van der Waals surface area contributed by atoms with Crippen molar-refractivity contribution in [2.45, 2.75) is 19.9 Å². The highest BCUT2D eigenvalue weighted by Crippen LogP contribution is 2.21. The van der Waals surface area contributed by atoms with E-state index in [1.807, 2.05) is 13.8 Å². The van der Waals surface area contributed by atoms with Crippen molar-refractivity contribution in [3.05, 3.63) is 46.5 Å². The fourth-order valence-electron chi connectivity index (χ4n) is 2.25. The van der Waals surface area contributed by atoms with E-state index in [1.165, 1.54) is 10.9 Å². The predicted molar refractivity (Wildman–Crippen MR) is 77.5 cm³/mol. The summed E-state index contributed by atoms with van der Waals surface area (Å²) in [6.07, 6.45) is 1.50. The van der Waals surface area contributed by atoms with Gasteiger partial charge in [0.15, 0.2) is 5.82 Å². The number of rotatable bonds is 3. The molecule has 3 aromatic rings. The van der Waals surface area contributed by atoms with E-state index in [9.17, 15) is 4.79 Å². The molecule has 0 radical (unpaired) electrons. The number of benzene rings is 1. The van der Waals surface area contributed by atoms with Crippen LogP contribution in [-0.2, 0) is 0 Å². The third-order valence-electron chi connectivity index (χ3n) is 3.40. The number of aromatic nitrogens is 5. The Morgan fingerprint density at radius 2 is 2.19 bits per heavy atom. The number of ether oxygens (including phenoxy) is 1. The van der Waals surface area contributed by atoms with Gasteiger partial charge in [-0.2, -0.15) is 5.10 Å². The second kappa shape index (κ2) is 5.01. The van der Waals surface area contributed by atoms with E-state index in [0.29, 0.717) is 28.3 Å². The molecule has 0 spiro atoms. The molecule has 0 amide bonds. The van der Waals surface area contributed by atoms with Crippen molar-refractivity contribution in [1.29, 1.82) is 0 Å². The predicted octanol–water partition coefficient (Wildman–Crippen LogP) is 1.44. The average Bonchev–Trinajstić information content (AvgIpc) is 2.93. The second-order valence-corrected chi connectivity index (χ2v) is 4.77. The van der Waals surface area contributed by atoms with Crippen LogP contribution in [-0.4, -0.2) is 31.8 Å². The van der Waals surface area contributed by atoms with Crippen LogP contribution in [0.3, 0.4) is 0 Å². The summed E-state index contributed by atoms with van der Waals surface area (Å²) in [7, 11) is 1.56. The first-order valence-electron chi connectivity index (χ1n) is 6.54. The van der Waals surface area contributed by atoms with Crippen molar-refractivity contribution < 1.29 is 4.74 Å². The van der Waals surface area contributed by atoms with E-state index in [4.69, 9.17) is 4.74 Å². The summed E-state index contributed by atoms with van der Waals surface area (Å²) < 4.78 is 6.75. The number of hydrogen-bond donors (Lipinski definition) is 1. The van der Waals surface area contributed by atoms with Gasteiger partial charge >= 0.3 is 0 Å². The summed E-state index contributed by atoms with van der Waals surface area (Å²) in [6.45, 7) is 3.67. The highest BCUT2D eigenvalue weighted by molar-refractivity contribution is 5.83. The zero-order valence-corrected chi connectivity index (χ0v) is 12.0. The van der Waals surface area contributed by atoms with Gasteiger partial charge in [0.1, 0.15) is 17.1 Å². The molecule has 1 atom stereocenters. The van der Waals surface area contributed by atoms with Crippen molar-refractivity contribution in [2.24, 2.45) is 0 Å². The van der Waals surface area contributed by atoms with Crippen molar-refractivity contribution in [3.63, 3.8) is 0 Å². The minimum atomic E-state index is -0.300. The molecule has 0 aliphatic heterocycles. The quantitative estimate of drug-likeness (QED) is 0.787. The molecule has 1 N–H and O–H groups in total. The van der Waals surface area contributed by atoms with E-state index in [2.05, 4.69) is 20.2 Å². The van der Waals surface area contributed by atoms with E-state index in [-0.39, 0.29) is 11.6 Å². The Kier molecular flexibility index (Phi) is 3.17. The van der Waals surface area contributed by atoms with Crippen LogP contribution in [0.1, 0.15) is 24.6 Å². The molecule has 0 saturated carbocycles. The number of H-pyrrole nitrogens is 1. The van der Waals surface area contributed by atoms with Gasteiger partial charge in [0, 0.05) is 0 Å². The molecule has 7 nitrogen and oxygen atoms in total. The molecule has 7 heteroatoms. The largest absolute Gasteiger partial charge is 0.494 e. The highest BCUT2D eigenvalue weighted by Gasteiger charge is 2.16. The van der Waals surface area contributed by atoms with Gasteiger partial charge in [0.2, 0.25) is 0 Å². The molecule has 3 rings (SSSR count). The van der Waals surface area contributed by atoms with Crippen molar-refractivity contribution >= 4 is 10.9 Å². The molecular formula is C14H15N5O2. The lowest BCUT2D eigenvalue weighted by atomic mass is 10.2. The van der Waals surface area contributed by atoms with Gasteiger partial charge in [0.25, 0.3) is 5.56 Å². The van der Waals surface area contributed by atoms with Gasteiger partial charge in [-0.15, -0.1) is 0 Å². The summed E-state index contributed by atoms with van der Waals surface area (Å²) >= 11 is 0. The third kappa shape index (κ3) is 2.16. The van der Waals surface area contributed by atoms with E-state index < -0.39 is 0 Å². The number of aryl methyl sites for hydroxylation is 1. The minimum absolute atomic E-state index is 0.145. The Balaban J connectivity index is 2.17. The van der Waals surface area contributed by atoms with E-state index in [1.54, 1.807) is 25.3 Å². The van der Waals surface area contributed by atoms with Crippen molar-refractivity contribution in [2.75, 3.05) is 7.11 Å². The lowest BCUT2D eigenvalue weighted by molar-refractivity contribution is 0.418. The van der Waals surface area contributed by atoms with Crippen LogP contribution in [0.15, 0.2) is 29.3 Å². The first-order valence-corrected chi connectivity index (χ1v) is 6.54. The van der Waals surface area contributed by atoms with Crippen LogP contribution in [0.5, 0.6) is 5.75 Å². The van der Waals surface area contributed by atoms with Crippen LogP contribution in [0.2, 0.25) is 0 Å². The monoisotopic (exact) mass is 285 g/mol. The van der Waals surface area contributed by atoms with Gasteiger partial charge < -0.3 is 4.74 Å². The van der Waals surface area contributed by atoms with Crippen LogP contribution in [0, 0.1) is 6.92 Å². The van der Waals surface area contributed by atoms with Gasteiger partial charge in [-0.25, -0.2) is 9.97 Å². The lowest BCUT2D eigenvalue weighted by Crippen LogP contribution is -2.25. The Bertz CT molecular complexity index is 852. The lowest BCUT2D eigenvalue weighted by Gasteiger charge is -2.12. The molecule has 0 aliphatic carbocycles. The molecule has 0 saturated heterocycles. The summed E-state index contributed by atoms with van der Waals surface area (Å²) in [5.74, 6) is 1.84. The zero-order chi connectivity index (χ0) is 15.0. The maximum atomic E-state index is 12.6. The third-order valence-corrected chi connectivity index (χ3v) is 3.40. The summed E-state index contributed by atoms with van der Waals surface area (Å²) in [6, 6.07) is 4.99. The van der Waals surface area contributed by atoms with Crippen LogP contribution in [0.4, 0.5) is 0 Å². The summed E-state index contributed by atoms with van der Waals surface area (Å²) in [4.78, 5) is 21.2. The molecule has 0 unspecified atom stereocenters. The first kappa shape index (κ1) is 13.3. The SMILES string of the molecule is COc1cccc2c(=O)n([C@@H](C)c3n[nH]c(C)n3)cnc12. The molecule has 2 heterocycles. The second-order valence-electron chi connectivity index (χ2n) is 4.77. The fraction of sp³-hybridized carbons (Fsp3) is 0.286. The maximum Gasteiger partial charge on any atom is 0.261 e. The molecule has 0 bridgehead atoms.